The van der Waals surface area contributed by atoms with E-state index in [1.165, 1.54) is 24.3 Å². The molecule has 0 spiro atoms. The fraction of sp³-hybridized carbons (Fsp3) is 0.267. The van der Waals surface area contributed by atoms with E-state index in [0.29, 0.717) is 64.8 Å². The number of aliphatic carboxylic acids is 1. The molecule has 1 aliphatic heterocycles. The average Bonchev–Trinajstić information content (AvgIpc) is 3.59. The van der Waals surface area contributed by atoms with Gasteiger partial charge in [-0.1, -0.05) is 17.3 Å². The lowest BCUT2D eigenvalue weighted by Gasteiger charge is -2.17. The summed E-state index contributed by atoms with van der Waals surface area (Å²) in [7, 11) is 0. The van der Waals surface area contributed by atoms with Gasteiger partial charge in [0.2, 0.25) is 0 Å². The molecule has 4 aromatic rings. The van der Waals surface area contributed by atoms with Crippen molar-refractivity contribution in [3.8, 4) is 34.1 Å². The van der Waals surface area contributed by atoms with E-state index in [9.17, 15) is 4.79 Å². The van der Waals surface area contributed by atoms with Crippen LogP contribution in [0.3, 0.4) is 0 Å². The molecule has 1 N–H and O–H groups in total. The fourth-order valence-electron chi connectivity index (χ4n) is 5.48. The van der Waals surface area contributed by atoms with Gasteiger partial charge in [0, 0.05) is 34.2 Å². The second-order valence-electron chi connectivity index (χ2n) is 9.83. The lowest BCUT2D eigenvalue weighted by atomic mass is 9.98. The third kappa shape index (κ3) is 4.58. The summed E-state index contributed by atoms with van der Waals surface area (Å²) >= 11 is 0. The highest BCUT2D eigenvalue weighted by Gasteiger charge is 2.32. The van der Waals surface area contributed by atoms with E-state index in [1.807, 2.05) is 0 Å². The average molecular weight is 534 g/mol. The van der Waals surface area contributed by atoms with Crippen LogP contribution in [-0.2, 0) is 11.2 Å². The Hall–Kier alpha value is -4.40. The monoisotopic (exact) mass is 533 g/mol. The summed E-state index contributed by atoms with van der Waals surface area (Å²) in [6, 6.07) is 12.7. The standard InChI is InChI=1S/C30H25F2NO6/c1-15-29(16(2)39-33-15)17-3-8-25(23(32)11-17)38-24-10-7-22(31)30-21(24)6-9-26(30)37-19-4-5-20-18(12-28(34)35)14-36-27(20)13-19/h3-5,7-8,10-11,13,18,26H,6,9,12,14H2,1-2H3,(H,34,35)/t18-,26-/m1/s1. The van der Waals surface area contributed by atoms with E-state index in [0.717, 1.165) is 11.1 Å². The van der Waals surface area contributed by atoms with Crippen molar-refractivity contribution in [2.24, 2.45) is 0 Å². The highest BCUT2D eigenvalue weighted by molar-refractivity contribution is 5.69. The Labute approximate surface area is 222 Å². The van der Waals surface area contributed by atoms with Crippen molar-refractivity contribution in [3.63, 3.8) is 0 Å². The van der Waals surface area contributed by atoms with Gasteiger partial charge < -0.3 is 23.8 Å². The van der Waals surface area contributed by atoms with Crippen LogP contribution < -0.4 is 14.2 Å². The van der Waals surface area contributed by atoms with E-state index in [-0.39, 0.29) is 18.1 Å². The predicted molar refractivity (Wildman–Crippen MR) is 136 cm³/mol. The highest BCUT2D eigenvalue weighted by Crippen LogP contribution is 2.45. The minimum atomic E-state index is -0.885. The number of hydrogen-bond donors (Lipinski definition) is 1. The molecular weight excluding hydrogens is 508 g/mol. The number of rotatable bonds is 7. The number of halogens is 2. The number of carboxylic acids is 1. The molecule has 6 rings (SSSR count). The molecule has 0 amide bonds. The minimum absolute atomic E-state index is 0.0136. The van der Waals surface area contributed by atoms with E-state index in [4.69, 9.17) is 23.8 Å². The third-order valence-corrected chi connectivity index (χ3v) is 7.28. The molecule has 2 aliphatic rings. The number of carboxylic acid groups (broad SMARTS) is 1. The molecule has 200 valence electrons. The molecule has 2 heterocycles. The van der Waals surface area contributed by atoms with Crippen molar-refractivity contribution in [1.82, 2.24) is 5.16 Å². The molecule has 0 unspecified atom stereocenters. The summed E-state index contributed by atoms with van der Waals surface area (Å²) in [5.74, 6) is -0.0226. The molecule has 0 radical (unpaired) electrons. The van der Waals surface area contributed by atoms with Crippen molar-refractivity contribution >= 4 is 5.97 Å². The SMILES string of the molecule is Cc1noc(C)c1-c1ccc(Oc2ccc(F)c3c2CC[C@H]3Oc2ccc3c(c2)OC[C@H]3CC(=O)O)c(F)c1. The first kappa shape index (κ1) is 24.9. The third-order valence-electron chi connectivity index (χ3n) is 7.28. The summed E-state index contributed by atoms with van der Waals surface area (Å²) in [6.07, 6.45) is 0.429. The van der Waals surface area contributed by atoms with E-state index < -0.39 is 23.7 Å². The number of hydrogen-bond acceptors (Lipinski definition) is 6. The first-order valence-corrected chi connectivity index (χ1v) is 12.7. The zero-order chi connectivity index (χ0) is 27.3. The molecule has 0 bridgehead atoms. The molecule has 3 aromatic carbocycles. The van der Waals surface area contributed by atoms with Crippen LogP contribution >= 0.6 is 0 Å². The van der Waals surface area contributed by atoms with Crippen LogP contribution in [0.4, 0.5) is 8.78 Å². The van der Waals surface area contributed by atoms with E-state index >= 15 is 8.78 Å². The molecule has 1 aliphatic carbocycles. The number of carbonyl (C=O) groups is 1. The number of nitrogens with zero attached hydrogens (tertiary/aromatic N) is 1. The molecule has 7 nitrogen and oxygen atoms in total. The number of fused-ring (bicyclic) bond motifs is 2. The van der Waals surface area contributed by atoms with Gasteiger partial charge in [0.25, 0.3) is 0 Å². The Balaban J connectivity index is 1.23. The fourth-order valence-corrected chi connectivity index (χ4v) is 5.48. The smallest absolute Gasteiger partial charge is 0.304 e. The van der Waals surface area contributed by atoms with Crippen molar-refractivity contribution in [3.05, 3.63) is 88.3 Å². The summed E-state index contributed by atoms with van der Waals surface area (Å²) in [6.45, 7) is 3.85. The van der Waals surface area contributed by atoms with Gasteiger partial charge in [-0.2, -0.15) is 0 Å². The Kier molecular flexibility index (Phi) is 6.21. The maximum atomic E-state index is 15.1. The molecule has 9 heteroatoms. The predicted octanol–water partition coefficient (Wildman–Crippen LogP) is 7.05. The Morgan fingerprint density at radius 2 is 1.90 bits per heavy atom. The lowest BCUT2D eigenvalue weighted by molar-refractivity contribution is -0.137. The quantitative estimate of drug-likeness (QED) is 0.272. The first-order chi connectivity index (χ1) is 18.8. The van der Waals surface area contributed by atoms with Gasteiger partial charge in [-0.3, -0.25) is 4.79 Å². The molecule has 39 heavy (non-hydrogen) atoms. The van der Waals surface area contributed by atoms with Crippen molar-refractivity contribution in [2.45, 2.75) is 45.1 Å². The molecule has 0 saturated heterocycles. The number of benzene rings is 3. The van der Waals surface area contributed by atoms with Crippen molar-refractivity contribution < 1.29 is 37.4 Å². The van der Waals surface area contributed by atoms with Crippen LogP contribution in [0, 0.1) is 25.5 Å². The summed E-state index contributed by atoms with van der Waals surface area (Å²) < 4.78 is 53.0. The Bertz CT molecular complexity index is 1580. The Morgan fingerprint density at radius 1 is 1.08 bits per heavy atom. The van der Waals surface area contributed by atoms with Gasteiger partial charge >= 0.3 is 5.97 Å². The maximum absolute atomic E-state index is 15.1. The van der Waals surface area contributed by atoms with Crippen LogP contribution in [0.1, 0.15) is 53.0 Å². The summed E-state index contributed by atoms with van der Waals surface area (Å²) in [4.78, 5) is 11.1. The molecule has 0 fully saturated rings. The van der Waals surface area contributed by atoms with Gasteiger partial charge in [-0.25, -0.2) is 8.78 Å². The van der Waals surface area contributed by atoms with Crippen LogP contribution in [0.15, 0.2) is 53.1 Å². The highest BCUT2D eigenvalue weighted by atomic mass is 19.1. The summed E-state index contributed by atoms with van der Waals surface area (Å²) in [5, 5.41) is 13.0. The molecule has 1 aromatic heterocycles. The molecule has 2 atom stereocenters. The van der Waals surface area contributed by atoms with Crippen LogP contribution in [0.25, 0.3) is 11.1 Å². The van der Waals surface area contributed by atoms with Gasteiger partial charge in [-0.15, -0.1) is 0 Å². The van der Waals surface area contributed by atoms with Gasteiger partial charge in [0.15, 0.2) is 11.6 Å². The topological polar surface area (TPSA) is 91.0 Å². The van der Waals surface area contributed by atoms with Crippen molar-refractivity contribution in [2.75, 3.05) is 6.61 Å². The zero-order valence-corrected chi connectivity index (χ0v) is 21.3. The number of aromatic nitrogens is 1. The van der Waals surface area contributed by atoms with Crippen LogP contribution in [0.5, 0.6) is 23.0 Å². The van der Waals surface area contributed by atoms with Gasteiger partial charge in [0.1, 0.15) is 34.9 Å². The van der Waals surface area contributed by atoms with Crippen LogP contribution in [-0.4, -0.2) is 22.8 Å². The van der Waals surface area contributed by atoms with E-state index in [2.05, 4.69) is 5.16 Å². The normalized spacial score (nSPS) is 17.4. The van der Waals surface area contributed by atoms with E-state index in [1.54, 1.807) is 38.1 Å². The van der Waals surface area contributed by atoms with Gasteiger partial charge in [0.05, 0.1) is 18.7 Å². The number of ether oxygens (including phenoxy) is 3. The second-order valence-corrected chi connectivity index (χ2v) is 9.83. The molecular formula is C30H25F2NO6. The van der Waals surface area contributed by atoms with Crippen LogP contribution in [0.2, 0.25) is 0 Å². The minimum Gasteiger partial charge on any atom is -0.492 e. The zero-order valence-electron chi connectivity index (χ0n) is 21.3. The maximum Gasteiger partial charge on any atom is 0.304 e. The first-order valence-electron chi connectivity index (χ1n) is 12.7. The number of aryl methyl sites for hydroxylation is 2. The van der Waals surface area contributed by atoms with Gasteiger partial charge in [-0.05, 0) is 62.6 Å². The lowest BCUT2D eigenvalue weighted by Crippen LogP contribution is -2.07. The van der Waals surface area contributed by atoms with Crippen molar-refractivity contribution in [1.29, 1.82) is 0 Å². The summed E-state index contributed by atoms with van der Waals surface area (Å²) in [5.41, 5.74) is 3.86. The molecule has 0 saturated carbocycles. The Morgan fingerprint density at radius 3 is 2.64 bits per heavy atom. The largest absolute Gasteiger partial charge is 0.492 e. The second kappa shape index (κ2) is 9.72.